The highest BCUT2D eigenvalue weighted by Gasteiger charge is 2.20. The molecule has 4 nitrogen and oxygen atoms in total. The van der Waals surface area contributed by atoms with E-state index in [2.05, 4.69) is 90.0 Å². The first-order chi connectivity index (χ1) is 14.2. The second kappa shape index (κ2) is 8.39. The van der Waals surface area contributed by atoms with E-state index in [-0.39, 0.29) is 6.04 Å². The molecule has 0 atom stereocenters. The molecule has 4 aromatic rings. The number of methoxy groups -OCH3 is 1. The number of aromatic nitrogens is 2. The van der Waals surface area contributed by atoms with Gasteiger partial charge in [0, 0.05) is 25.2 Å². The zero-order valence-corrected chi connectivity index (χ0v) is 17.2. The second-order valence-electron chi connectivity index (χ2n) is 7.56. The summed E-state index contributed by atoms with van der Waals surface area (Å²) in [5.41, 5.74) is 4.62. The third-order valence-corrected chi connectivity index (χ3v) is 5.11. The van der Waals surface area contributed by atoms with Gasteiger partial charge >= 0.3 is 0 Å². The van der Waals surface area contributed by atoms with E-state index in [1.165, 1.54) is 11.1 Å². The molecule has 0 saturated heterocycles. The number of anilines is 1. The Labute approximate surface area is 172 Å². The Balaban J connectivity index is 1.82. The van der Waals surface area contributed by atoms with Crippen molar-refractivity contribution in [2.75, 3.05) is 12.0 Å². The monoisotopic (exact) mass is 385 g/mol. The van der Waals surface area contributed by atoms with Crippen LogP contribution in [0.3, 0.4) is 0 Å². The molecule has 0 aliphatic rings. The van der Waals surface area contributed by atoms with Gasteiger partial charge in [0.2, 0.25) is 5.95 Å². The van der Waals surface area contributed by atoms with Gasteiger partial charge in [-0.1, -0.05) is 60.7 Å². The van der Waals surface area contributed by atoms with E-state index in [4.69, 9.17) is 9.72 Å². The molecule has 0 bridgehead atoms. The highest BCUT2D eigenvalue weighted by atomic mass is 16.5. The van der Waals surface area contributed by atoms with Gasteiger partial charge in [-0.2, -0.15) is 0 Å². The van der Waals surface area contributed by atoms with Gasteiger partial charge in [0.25, 0.3) is 0 Å². The first-order valence-corrected chi connectivity index (χ1v) is 10.0. The third kappa shape index (κ3) is 4.11. The van der Waals surface area contributed by atoms with Crippen LogP contribution in [0.15, 0.2) is 78.9 Å². The van der Waals surface area contributed by atoms with Gasteiger partial charge in [0.15, 0.2) is 0 Å². The molecular weight excluding hydrogens is 358 g/mol. The average Bonchev–Trinajstić information content (AvgIpc) is 3.13. The van der Waals surface area contributed by atoms with Crippen molar-refractivity contribution in [1.29, 1.82) is 0 Å². The Morgan fingerprint density at radius 2 is 1.45 bits per heavy atom. The highest BCUT2D eigenvalue weighted by Crippen LogP contribution is 2.31. The van der Waals surface area contributed by atoms with Crippen molar-refractivity contribution in [2.24, 2.45) is 0 Å². The molecule has 0 aliphatic carbocycles. The molecule has 4 rings (SSSR count). The minimum absolute atomic E-state index is 0.289. The van der Waals surface area contributed by atoms with Crippen molar-refractivity contribution in [3.8, 4) is 5.75 Å². The predicted molar refractivity (Wildman–Crippen MR) is 119 cm³/mol. The molecule has 0 fully saturated rings. The number of hydrogen-bond acceptors (Lipinski definition) is 3. The summed E-state index contributed by atoms with van der Waals surface area (Å²) in [7, 11) is 1.69. The van der Waals surface area contributed by atoms with Gasteiger partial charge in [0.1, 0.15) is 5.75 Å². The molecule has 0 saturated carbocycles. The van der Waals surface area contributed by atoms with Crippen molar-refractivity contribution in [1.82, 2.24) is 9.55 Å². The van der Waals surface area contributed by atoms with E-state index >= 15 is 0 Å². The molecule has 0 aliphatic heterocycles. The summed E-state index contributed by atoms with van der Waals surface area (Å²) in [4.78, 5) is 7.40. The van der Waals surface area contributed by atoms with Crippen molar-refractivity contribution in [3.63, 3.8) is 0 Å². The lowest BCUT2D eigenvalue weighted by Gasteiger charge is -2.26. The Bertz CT molecular complexity index is 1030. The fraction of sp³-hybridized carbons (Fsp3) is 0.240. The lowest BCUT2D eigenvalue weighted by molar-refractivity contribution is 0.415. The Kier molecular flexibility index (Phi) is 5.52. The summed E-state index contributed by atoms with van der Waals surface area (Å²) in [5, 5.41) is 0. The molecule has 0 amide bonds. The van der Waals surface area contributed by atoms with E-state index in [9.17, 15) is 0 Å². The van der Waals surface area contributed by atoms with Crippen LogP contribution in [0.4, 0.5) is 5.95 Å². The molecule has 0 radical (unpaired) electrons. The standard InChI is InChI=1S/C25H27N3O/c1-19(2)28-24-15-14-22(29-3)16-23(24)26-25(28)27(17-20-10-6-4-7-11-20)18-21-12-8-5-9-13-21/h4-16,19H,17-18H2,1-3H3. The SMILES string of the molecule is COc1ccc2c(c1)nc(N(Cc1ccccc1)Cc1ccccc1)n2C(C)C. The Morgan fingerprint density at radius 3 is 1.97 bits per heavy atom. The van der Waals surface area contributed by atoms with Crippen LogP contribution in [-0.4, -0.2) is 16.7 Å². The normalized spacial score (nSPS) is 11.2. The van der Waals surface area contributed by atoms with Crippen LogP contribution < -0.4 is 9.64 Å². The number of imidazole rings is 1. The van der Waals surface area contributed by atoms with Crippen LogP contribution in [0, 0.1) is 0 Å². The fourth-order valence-corrected chi connectivity index (χ4v) is 3.73. The lowest BCUT2D eigenvalue weighted by atomic mass is 10.2. The number of fused-ring (bicyclic) bond motifs is 1. The number of benzene rings is 3. The van der Waals surface area contributed by atoms with E-state index in [0.29, 0.717) is 0 Å². The smallest absolute Gasteiger partial charge is 0.207 e. The number of ether oxygens (including phenoxy) is 1. The van der Waals surface area contributed by atoms with Gasteiger partial charge in [-0.15, -0.1) is 0 Å². The molecule has 3 aromatic carbocycles. The molecular formula is C25H27N3O. The molecule has 148 valence electrons. The Morgan fingerprint density at radius 1 is 0.862 bits per heavy atom. The molecule has 1 aromatic heterocycles. The molecule has 4 heteroatoms. The van der Waals surface area contributed by atoms with Crippen LogP contribution in [0.25, 0.3) is 11.0 Å². The summed E-state index contributed by atoms with van der Waals surface area (Å²) in [5.74, 6) is 1.81. The first kappa shape index (κ1) is 19.1. The molecule has 29 heavy (non-hydrogen) atoms. The van der Waals surface area contributed by atoms with Crippen LogP contribution in [-0.2, 0) is 13.1 Å². The minimum Gasteiger partial charge on any atom is -0.497 e. The number of nitrogens with zero attached hydrogens (tertiary/aromatic N) is 3. The summed E-state index contributed by atoms with van der Waals surface area (Å²) >= 11 is 0. The van der Waals surface area contributed by atoms with Crippen molar-refractivity contribution in [3.05, 3.63) is 90.0 Å². The quantitative estimate of drug-likeness (QED) is 0.401. The summed E-state index contributed by atoms with van der Waals surface area (Å²) in [6.45, 7) is 6.00. The van der Waals surface area contributed by atoms with E-state index in [1.807, 2.05) is 12.1 Å². The largest absolute Gasteiger partial charge is 0.497 e. The maximum absolute atomic E-state index is 5.42. The van der Waals surface area contributed by atoms with Crippen LogP contribution in [0.5, 0.6) is 5.75 Å². The molecule has 0 spiro atoms. The highest BCUT2D eigenvalue weighted by molar-refractivity contribution is 5.80. The Hall–Kier alpha value is -3.27. The summed E-state index contributed by atoms with van der Waals surface area (Å²) < 4.78 is 7.74. The minimum atomic E-state index is 0.289. The molecule has 0 N–H and O–H groups in total. The van der Waals surface area contributed by atoms with Gasteiger partial charge in [-0.05, 0) is 37.1 Å². The van der Waals surface area contributed by atoms with Crippen LogP contribution in [0.1, 0.15) is 31.0 Å². The van der Waals surface area contributed by atoms with Crippen LogP contribution in [0.2, 0.25) is 0 Å². The van der Waals surface area contributed by atoms with Gasteiger partial charge < -0.3 is 14.2 Å². The maximum Gasteiger partial charge on any atom is 0.207 e. The molecule has 1 heterocycles. The molecule has 0 unspecified atom stereocenters. The van der Waals surface area contributed by atoms with Crippen molar-refractivity contribution < 1.29 is 4.74 Å². The lowest BCUT2D eigenvalue weighted by Crippen LogP contribution is -2.26. The number of hydrogen-bond donors (Lipinski definition) is 0. The maximum atomic E-state index is 5.42. The summed E-state index contributed by atoms with van der Waals surface area (Å²) in [6, 6.07) is 27.6. The second-order valence-corrected chi connectivity index (χ2v) is 7.56. The van der Waals surface area contributed by atoms with Gasteiger partial charge in [-0.3, -0.25) is 0 Å². The van der Waals surface area contributed by atoms with Gasteiger partial charge in [-0.25, -0.2) is 4.98 Å². The van der Waals surface area contributed by atoms with E-state index in [1.54, 1.807) is 7.11 Å². The van der Waals surface area contributed by atoms with Gasteiger partial charge in [0.05, 0.1) is 18.1 Å². The average molecular weight is 386 g/mol. The van der Waals surface area contributed by atoms with E-state index < -0.39 is 0 Å². The summed E-state index contributed by atoms with van der Waals surface area (Å²) in [6.07, 6.45) is 0. The third-order valence-electron chi connectivity index (χ3n) is 5.11. The zero-order chi connectivity index (χ0) is 20.2. The van der Waals surface area contributed by atoms with Crippen molar-refractivity contribution >= 4 is 17.0 Å². The fourth-order valence-electron chi connectivity index (χ4n) is 3.73. The first-order valence-electron chi connectivity index (χ1n) is 10.0. The number of rotatable bonds is 7. The topological polar surface area (TPSA) is 30.3 Å². The zero-order valence-electron chi connectivity index (χ0n) is 17.2. The van der Waals surface area contributed by atoms with Crippen LogP contribution >= 0.6 is 0 Å². The van der Waals surface area contributed by atoms with E-state index in [0.717, 1.165) is 35.8 Å². The predicted octanol–water partition coefficient (Wildman–Crippen LogP) is 5.83. The van der Waals surface area contributed by atoms with Crippen molar-refractivity contribution in [2.45, 2.75) is 33.0 Å².